The average Bonchev–Trinajstić information content (AvgIpc) is 2.52. The van der Waals surface area contributed by atoms with E-state index >= 15 is 0 Å². The number of carbonyl (C=O) groups excluding carboxylic acids is 3. The quantitative estimate of drug-likeness (QED) is 0.819. The molecule has 6 nitrogen and oxygen atoms in total. The lowest BCUT2D eigenvalue weighted by molar-refractivity contribution is -0.134. The lowest BCUT2D eigenvalue weighted by Gasteiger charge is -2.29. The van der Waals surface area contributed by atoms with E-state index in [1.807, 2.05) is 0 Å². The summed E-state index contributed by atoms with van der Waals surface area (Å²) in [5, 5.41) is 5.36. The van der Waals surface area contributed by atoms with Crippen LogP contribution in [0, 0.1) is 0 Å². The van der Waals surface area contributed by atoms with E-state index in [-0.39, 0.29) is 17.7 Å². The molecular formula is C16H19N3O3. The zero-order valence-electron chi connectivity index (χ0n) is 12.5. The van der Waals surface area contributed by atoms with Crippen LogP contribution in [0.2, 0.25) is 0 Å². The maximum absolute atomic E-state index is 12.2. The minimum absolute atomic E-state index is 0.0607. The van der Waals surface area contributed by atoms with Crippen molar-refractivity contribution in [1.82, 2.24) is 10.2 Å². The second-order valence-corrected chi connectivity index (χ2v) is 5.20. The smallest absolute Gasteiger partial charge is 0.251 e. The molecular weight excluding hydrogens is 282 g/mol. The Balaban J connectivity index is 1.99. The Morgan fingerprint density at radius 2 is 2.00 bits per heavy atom. The molecule has 1 unspecified atom stereocenters. The van der Waals surface area contributed by atoms with Gasteiger partial charge in [0.2, 0.25) is 11.8 Å². The van der Waals surface area contributed by atoms with Crippen LogP contribution in [0.4, 0.5) is 5.69 Å². The SMILES string of the molecule is C=CC(=O)Nc1ccc(C(=O)NC2CCCN(C)C2=O)cc1. The summed E-state index contributed by atoms with van der Waals surface area (Å²) in [6.07, 6.45) is 2.70. The van der Waals surface area contributed by atoms with Crippen molar-refractivity contribution in [2.24, 2.45) is 0 Å². The first-order valence-electron chi connectivity index (χ1n) is 7.10. The molecule has 0 spiro atoms. The minimum atomic E-state index is -0.466. The second-order valence-electron chi connectivity index (χ2n) is 5.20. The molecule has 1 heterocycles. The van der Waals surface area contributed by atoms with Crippen molar-refractivity contribution in [3.63, 3.8) is 0 Å². The van der Waals surface area contributed by atoms with Crippen LogP contribution in [0.25, 0.3) is 0 Å². The average molecular weight is 301 g/mol. The molecule has 1 fully saturated rings. The molecule has 0 aromatic heterocycles. The van der Waals surface area contributed by atoms with E-state index in [0.717, 1.165) is 13.0 Å². The fraction of sp³-hybridized carbons (Fsp3) is 0.312. The van der Waals surface area contributed by atoms with E-state index in [0.29, 0.717) is 17.7 Å². The normalized spacial score (nSPS) is 17.8. The Morgan fingerprint density at radius 3 is 2.64 bits per heavy atom. The molecule has 2 rings (SSSR count). The standard InChI is InChI=1S/C16H19N3O3/c1-3-14(20)17-12-8-6-11(7-9-12)15(21)18-13-5-4-10-19(2)16(13)22/h3,6-9,13H,1,4-5,10H2,2H3,(H,17,20)(H,18,21). The van der Waals surface area contributed by atoms with Gasteiger partial charge in [0.1, 0.15) is 6.04 Å². The van der Waals surface area contributed by atoms with Crippen LogP contribution in [0.15, 0.2) is 36.9 Å². The molecule has 1 atom stereocenters. The summed E-state index contributed by atoms with van der Waals surface area (Å²) in [5.41, 5.74) is 1.02. The lowest BCUT2D eigenvalue weighted by atomic mass is 10.0. The van der Waals surface area contributed by atoms with Gasteiger partial charge >= 0.3 is 0 Å². The molecule has 116 valence electrons. The van der Waals surface area contributed by atoms with E-state index < -0.39 is 6.04 Å². The summed E-state index contributed by atoms with van der Waals surface area (Å²) in [6, 6.07) is 6.00. The lowest BCUT2D eigenvalue weighted by Crippen LogP contribution is -2.50. The van der Waals surface area contributed by atoms with Gasteiger partial charge in [0.25, 0.3) is 5.91 Å². The molecule has 0 aliphatic carbocycles. The van der Waals surface area contributed by atoms with Gasteiger partial charge in [-0.15, -0.1) is 0 Å². The second kappa shape index (κ2) is 6.89. The van der Waals surface area contributed by atoms with Gasteiger partial charge in [0, 0.05) is 24.8 Å². The Bertz CT molecular complexity index is 595. The van der Waals surface area contributed by atoms with Gasteiger partial charge in [0.05, 0.1) is 0 Å². The van der Waals surface area contributed by atoms with Gasteiger partial charge in [-0.25, -0.2) is 0 Å². The summed E-state index contributed by atoms with van der Waals surface area (Å²) in [5.74, 6) is -0.669. The topological polar surface area (TPSA) is 78.5 Å². The molecule has 2 N–H and O–H groups in total. The summed E-state index contributed by atoms with van der Waals surface area (Å²) in [4.78, 5) is 36.9. The van der Waals surface area contributed by atoms with Crippen molar-refractivity contribution in [3.8, 4) is 0 Å². The van der Waals surface area contributed by atoms with Crippen molar-refractivity contribution >= 4 is 23.4 Å². The number of piperidine rings is 1. The van der Waals surface area contributed by atoms with Gasteiger partial charge < -0.3 is 15.5 Å². The number of benzene rings is 1. The van der Waals surface area contributed by atoms with Gasteiger partial charge in [-0.1, -0.05) is 6.58 Å². The molecule has 6 heteroatoms. The van der Waals surface area contributed by atoms with Crippen LogP contribution in [-0.2, 0) is 9.59 Å². The summed E-state index contributed by atoms with van der Waals surface area (Å²) >= 11 is 0. The number of hydrogen-bond donors (Lipinski definition) is 2. The van der Waals surface area contributed by atoms with Crippen LogP contribution in [0.3, 0.4) is 0 Å². The number of anilines is 1. The largest absolute Gasteiger partial charge is 0.344 e. The Morgan fingerprint density at radius 1 is 1.32 bits per heavy atom. The molecule has 1 aromatic rings. The molecule has 0 saturated carbocycles. The molecule has 1 aliphatic heterocycles. The Hall–Kier alpha value is -2.63. The van der Waals surface area contributed by atoms with E-state index in [1.165, 1.54) is 6.08 Å². The van der Waals surface area contributed by atoms with Crippen LogP contribution < -0.4 is 10.6 Å². The van der Waals surface area contributed by atoms with E-state index in [1.54, 1.807) is 36.2 Å². The number of nitrogens with one attached hydrogen (secondary N) is 2. The molecule has 22 heavy (non-hydrogen) atoms. The number of nitrogens with zero attached hydrogens (tertiary/aromatic N) is 1. The summed E-state index contributed by atoms with van der Waals surface area (Å²) in [7, 11) is 1.73. The van der Waals surface area contributed by atoms with Gasteiger partial charge in [-0.05, 0) is 43.2 Å². The zero-order valence-corrected chi connectivity index (χ0v) is 12.5. The van der Waals surface area contributed by atoms with E-state index in [4.69, 9.17) is 0 Å². The minimum Gasteiger partial charge on any atom is -0.344 e. The highest BCUT2D eigenvalue weighted by molar-refractivity contribution is 6.00. The van der Waals surface area contributed by atoms with Crippen molar-refractivity contribution in [1.29, 1.82) is 0 Å². The Labute approximate surface area is 129 Å². The molecule has 0 bridgehead atoms. The van der Waals surface area contributed by atoms with Crippen molar-refractivity contribution in [3.05, 3.63) is 42.5 Å². The number of likely N-dealkylation sites (N-methyl/N-ethyl adjacent to an activating group) is 1. The highest BCUT2D eigenvalue weighted by Gasteiger charge is 2.27. The van der Waals surface area contributed by atoms with E-state index in [9.17, 15) is 14.4 Å². The van der Waals surface area contributed by atoms with Crippen molar-refractivity contribution in [2.45, 2.75) is 18.9 Å². The number of likely N-dealkylation sites (tertiary alicyclic amines) is 1. The van der Waals surface area contributed by atoms with E-state index in [2.05, 4.69) is 17.2 Å². The van der Waals surface area contributed by atoms with Gasteiger partial charge in [-0.3, -0.25) is 14.4 Å². The van der Waals surface area contributed by atoms with Crippen molar-refractivity contribution in [2.75, 3.05) is 18.9 Å². The molecule has 3 amide bonds. The van der Waals surface area contributed by atoms with Crippen LogP contribution in [-0.4, -0.2) is 42.3 Å². The van der Waals surface area contributed by atoms with Gasteiger partial charge in [-0.2, -0.15) is 0 Å². The highest BCUT2D eigenvalue weighted by Crippen LogP contribution is 2.13. The number of hydrogen-bond acceptors (Lipinski definition) is 3. The van der Waals surface area contributed by atoms with Crippen molar-refractivity contribution < 1.29 is 14.4 Å². The third-order valence-corrected chi connectivity index (χ3v) is 3.57. The summed E-state index contributed by atoms with van der Waals surface area (Å²) < 4.78 is 0. The Kier molecular flexibility index (Phi) is 4.93. The van der Waals surface area contributed by atoms with Crippen LogP contribution in [0.1, 0.15) is 23.2 Å². The fourth-order valence-electron chi connectivity index (χ4n) is 2.31. The highest BCUT2D eigenvalue weighted by atomic mass is 16.2. The first kappa shape index (κ1) is 15.8. The van der Waals surface area contributed by atoms with Gasteiger partial charge in [0.15, 0.2) is 0 Å². The maximum Gasteiger partial charge on any atom is 0.251 e. The fourth-order valence-corrected chi connectivity index (χ4v) is 2.31. The molecule has 0 radical (unpaired) electrons. The predicted molar refractivity (Wildman–Crippen MR) is 83.4 cm³/mol. The number of rotatable bonds is 4. The molecule has 1 aromatic carbocycles. The third kappa shape index (κ3) is 3.72. The first-order valence-corrected chi connectivity index (χ1v) is 7.10. The van der Waals surface area contributed by atoms with Crippen LogP contribution in [0.5, 0.6) is 0 Å². The molecule has 1 saturated heterocycles. The summed E-state index contributed by atoms with van der Waals surface area (Å²) in [6.45, 7) is 4.09. The first-order chi connectivity index (χ1) is 10.5. The number of amides is 3. The predicted octanol–water partition coefficient (Wildman–Crippen LogP) is 1.16. The zero-order chi connectivity index (χ0) is 16.1. The molecule has 1 aliphatic rings. The number of carbonyl (C=O) groups is 3. The third-order valence-electron chi connectivity index (χ3n) is 3.57. The monoisotopic (exact) mass is 301 g/mol. The maximum atomic E-state index is 12.2. The van der Waals surface area contributed by atoms with Crippen LogP contribution >= 0.6 is 0 Å².